The van der Waals surface area contributed by atoms with E-state index < -0.39 is 18.3 Å². The number of rotatable bonds is 2. The normalized spacial score (nSPS) is 10.7. The average Bonchev–Trinajstić information content (AvgIpc) is 2.14. The number of nitriles is 1. The summed E-state index contributed by atoms with van der Waals surface area (Å²) < 4.78 is 41.6. The van der Waals surface area contributed by atoms with Gasteiger partial charge in [-0.1, -0.05) is 12.1 Å². The van der Waals surface area contributed by atoms with Crippen LogP contribution in [0.25, 0.3) is 0 Å². The molecule has 1 aromatic rings. The Kier molecular flexibility index (Phi) is 2.97. The third-order valence-electron chi connectivity index (χ3n) is 1.48. The Hall–Kier alpha value is -1.70. The molecular formula is C9H6F3NO. The van der Waals surface area contributed by atoms with Crippen LogP contribution >= 0.6 is 0 Å². The highest BCUT2D eigenvalue weighted by atomic mass is 19.4. The predicted molar refractivity (Wildman–Crippen MR) is 42.6 cm³/mol. The fourth-order valence-electron chi connectivity index (χ4n) is 0.937. The first-order valence-electron chi connectivity index (χ1n) is 3.71. The minimum Gasteiger partial charge on any atom is -0.478 e. The van der Waals surface area contributed by atoms with Crippen molar-refractivity contribution in [3.05, 3.63) is 29.8 Å². The lowest BCUT2D eigenvalue weighted by molar-refractivity contribution is -0.138. The molecule has 0 fully saturated rings. The highest BCUT2D eigenvalue weighted by molar-refractivity contribution is 5.35. The lowest BCUT2D eigenvalue weighted by atomic mass is 10.2. The number of benzene rings is 1. The molecular weight excluding hydrogens is 195 g/mol. The molecule has 5 heteroatoms. The van der Waals surface area contributed by atoms with Crippen molar-refractivity contribution in [2.45, 2.75) is 6.18 Å². The number of nitrogens with zero attached hydrogens (tertiary/aromatic N) is 1. The lowest BCUT2D eigenvalue weighted by Gasteiger charge is -2.11. The molecule has 0 spiro atoms. The summed E-state index contributed by atoms with van der Waals surface area (Å²) >= 11 is 0. The Balaban J connectivity index is 2.99. The van der Waals surface area contributed by atoms with Crippen molar-refractivity contribution in [1.82, 2.24) is 0 Å². The third kappa shape index (κ3) is 2.39. The summed E-state index contributed by atoms with van der Waals surface area (Å²) in [6, 6.07) is 6.38. The maximum atomic E-state index is 12.3. The first-order valence-corrected chi connectivity index (χ1v) is 3.71. The second kappa shape index (κ2) is 4.01. The van der Waals surface area contributed by atoms with Crippen molar-refractivity contribution in [1.29, 1.82) is 5.26 Å². The molecule has 0 heterocycles. The van der Waals surface area contributed by atoms with Gasteiger partial charge in [0.15, 0.2) is 6.61 Å². The zero-order valence-corrected chi connectivity index (χ0v) is 7.01. The molecule has 1 aromatic carbocycles. The molecule has 0 aliphatic carbocycles. The summed E-state index contributed by atoms with van der Waals surface area (Å²) in [5.41, 5.74) is -0.866. The van der Waals surface area contributed by atoms with Gasteiger partial charge in [0.2, 0.25) is 0 Å². The number of hydrogen-bond acceptors (Lipinski definition) is 2. The molecule has 0 saturated carbocycles. The molecule has 0 atom stereocenters. The number of alkyl halides is 3. The van der Waals surface area contributed by atoms with Crippen LogP contribution in [-0.4, -0.2) is 6.61 Å². The Labute approximate surface area is 78.5 Å². The SMILES string of the molecule is N#CCOc1ccccc1C(F)(F)F. The van der Waals surface area contributed by atoms with Crippen LogP contribution in [0, 0.1) is 11.3 Å². The van der Waals surface area contributed by atoms with Crippen molar-refractivity contribution in [3.8, 4) is 11.8 Å². The van der Waals surface area contributed by atoms with Gasteiger partial charge in [0, 0.05) is 0 Å². The maximum absolute atomic E-state index is 12.3. The first kappa shape index (κ1) is 10.4. The van der Waals surface area contributed by atoms with E-state index in [-0.39, 0.29) is 5.75 Å². The summed E-state index contributed by atoms with van der Waals surface area (Å²) in [6.45, 7) is -0.396. The molecule has 1 rings (SSSR count). The van der Waals surface area contributed by atoms with Gasteiger partial charge in [-0.15, -0.1) is 0 Å². The van der Waals surface area contributed by atoms with Crippen LogP contribution in [-0.2, 0) is 6.18 Å². The summed E-state index contributed by atoms with van der Waals surface area (Å²) in [5.74, 6) is -0.318. The zero-order chi connectivity index (χ0) is 10.6. The van der Waals surface area contributed by atoms with Gasteiger partial charge >= 0.3 is 6.18 Å². The van der Waals surface area contributed by atoms with E-state index >= 15 is 0 Å². The van der Waals surface area contributed by atoms with Gasteiger partial charge in [0.1, 0.15) is 11.8 Å². The van der Waals surface area contributed by atoms with E-state index in [9.17, 15) is 13.2 Å². The van der Waals surface area contributed by atoms with Crippen LogP contribution in [0.2, 0.25) is 0 Å². The topological polar surface area (TPSA) is 33.0 Å². The second-order valence-electron chi connectivity index (χ2n) is 2.44. The molecule has 14 heavy (non-hydrogen) atoms. The molecule has 0 saturated heterocycles. The molecule has 74 valence electrons. The van der Waals surface area contributed by atoms with Gasteiger partial charge in [-0.25, -0.2) is 0 Å². The summed E-state index contributed by atoms with van der Waals surface area (Å²) in [5, 5.41) is 8.17. The van der Waals surface area contributed by atoms with Gasteiger partial charge < -0.3 is 4.74 Å². The Morgan fingerprint density at radius 1 is 1.29 bits per heavy atom. The molecule has 0 aromatic heterocycles. The lowest BCUT2D eigenvalue weighted by Crippen LogP contribution is -2.08. The van der Waals surface area contributed by atoms with Gasteiger partial charge in [0.05, 0.1) is 5.56 Å². The molecule has 2 nitrogen and oxygen atoms in total. The monoisotopic (exact) mass is 201 g/mol. The maximum Gasteiger partial charge on any atom is 0.419 e. The van der Waals surface area contributed by atoms with Crippen molar-refractivity contribution in [3.63, 3.8) is 0 Å². The van der Waals surface area contributed by atoms with Crippen LogP contribution in [0.1, 0.15) is 5.56 Å². The van der Waals surface area contributed by atoms with E-state index in [1.54, 1.807) is 6.07 Å². The minimum absolute atomic E-state index is 0.318. The minimum atomic E-state index is -4.45. The first-order chi connectivity index (χ1) is 6.55. The summed E-state index contributed by atoms with van der Waals surface area (Å²) in [6.07, 6.45) is -4.45. The number of para-hydroxylation sites is 1. The number of halogens is 3. The van der Waals surface area contributed by atoms with Gasteiger partial charge in [-0.2, -0.15) is 18.4 Å². The van der Waals surface area contributed by atoms with E-state index in [1.165, 1.54) is 18.2 Å². The van der Waals surface area contributed by atoms with Crippen molar-refractivity contribution < 1.29 is 17.9 Å². The molecule has 0 bridgehead atoms. The van der Waals surface area contributed by atoms with E-state index in [2.05, 4.69) is 4.74 Å². The molecule has 0 radical (unpaired) electrons. The van der Waals surface area contributed by atoms with Crippen LogP contribution in [0.4, 0.5) is 13.2 Å². The van der Waals surface area contributed by atoms with E-state index in [0.717, 1.165) is 6.07 Å². The number of hydrogen-bond donors (Lipinski definition) is 0. The van der Waals surface area contributed by atoms with Crippen LogP contribution in [0.15, 0.2) is 24.3 Å². The van der Waals surface area contributed by atoms with Gasteiger partial charge in [0.25, 0.3) is 0 Å². The highest BCUT2D eigenvalue weighted by Gasteiger charge is 2.33. The largest absolute Gasteiger partial charge is 0.478 e. The van der Waals surface area contributed by atoms with Crippen LogP contribution < -0.4 is 4.74 Å². The third-order valence-corrected chi connectivity index (χ3v) is 1.48. The van der Waals surface area contributed by atoms with Crippen LogP contribution in [0.3, 0.4) is 0 Å². The van der Waals surface area contributed by atoms with Crippen molar-refractivity contribution >= 4 is 0 Å². The highest BCUT2D eigenvalue weighted by Crippen LogP contribution is 2.35. The van der Waals surface area contributed by atoms with Crippen molar-refractivity contribution in [2.75, 3.05) is 6.61 Å². The Morgan fingerprint density at radius 2 is 1.93 bits per heavy atom. The molecule has 0 N–H and O–H groups in total. The summed E-state index contributed by atoms with van der Waals surface area (Å²) in [4.78, 5) is 0. The molecule has 0 aliphatic rings. The quantitative estimate of drug-likeness (QED) is 0.736. The van der Waals surface area contributed by atoms with Crippen molar-refractivity contribution in [2.24, 2.45) is 0 Å². The molecule has 0 amide bonds. The number of ether oxygens (including phenoxy) is 1. The fourth-order valence-corrected chi connectivity index (χ4v) is 0.937. The fraction of sp³-hybridized carbons (Fsp3) is 0.222. The van der Waals surface area contributed by atoms with Gasteiger partial charge in [-0.05, 0) is 12.1 Å². The Bertz CT molecular complexity index is 354. The smallest absolute Gasteiger partial charge is 0.419 e. The van der Waals surface area contributed by atoms with E-state index in [4.69, 9.17) is 5.26 Å². The average molecular weight is 201 g/mol. The van der Waals surface area contributed by atoms with Crippen LogP contribution in [0.5, 0.6) is 5.75 Å². The Morgan fingerprint density at radius 3 is 2.50 bits per heavy atom. The van der Waals surface area contributed by atoms with E-state index in [0.29, 0.717) is 0 Å². The standard InChI is InChI=1S/C9H6F3NO/c10-9(11,12)7-3-1-2-4-8(7)14-6-5-13/h1-4H,6H2. The zero-order valence-electron chi connectivity index (χ0n) is 7.01. The summed E-state index contributed by atoms with van der Waals surface area (Å²) in [7, 11) is 0. The predicted octanol–water partition coefficient (Wildman–Crippen LogP) is 2.61. The molecule has 0 unspecified atom stereocenters. The van der Waals surface area contributed by atoms with E-state index in [1.807, 2.05) is 0 Å². The molecule has 0 aliphatic heterocycles. The second-order valence-corrected chi connectivity index (χ2v) is 2.44. The van der Waals surface area contributed by atoms with Gasteiger partial charge in [-0.3, -0.25) is 0 Å².